The number of ether oxygens (including phenoxy) is 1. The molecule has 3 heteroatoms. The van der Waals surface area contributed by atoms with Gasteiger partial charge in [-0.25, -0.2) is 0 Å². The van der Waals surface area contributed by atoms with Gasteiger partial charge >= 0.3 is 5.97 Å². The molecule has 1 rings (SSSR count). The number of benzene rings is 1. The fourth-order valence-corrected chi connectivity index (χ4v) is 1.95. The Morgan fingerprint density at radius 2 is 1.95 bits per heavy atom. The van der Waals surface area contributed by atoms with Crippen LogP contribution in [-0.4, -0.2) is 25.2 Å². The predicted octanol–water partition coefficient (Wildman–Crippen LogP) is 2.94. The molecule has 0 amide bonds. The molecule has 0 bridgehead atoms. The highest BCUT2D eigenvalue weighted by Crippen LogP contribution is 2.13. The molecule has 1 aromatic carbocycles. The van der Waals surface area contributed by atoms with Gasteiger partial charge in [-0.15, -0.1) is 0 Å². The van der Waals surface area contributed by atoms with Gasteiger partial charge in [-0.3, -0.25) is 4.79 Å². The SMILES string of the molecule is COC(=O)CCCNC(C)(C)CCc1ccccc1. The van der Waals surface area contributed by atoms with Gasteiger partial charge in [-0.2, -0.15) is 0 Å². The first-order chi connectivity index (χ1) is 9.03. The average Bonchev–Trinajstić information content (AvgIpc) is 2.42. The molecule has 0 atom stereocenters. The van der Waals surface area contributed by atoms with Crippen molar-refractivity contribution in [3.8, 4) is 0 Å². The van der Waals surface area contributed by atoms with Gasteiger partial charge in [-0.1, -0.05) is 30.3 Å². The molecule has 0 unspecified atom stereocenters. The summed E-state index contributed by atoms with van der Waals surface area (Å²) in [6.45, 7) is 5.25. The molecule has 1 N–H and O–H groups in total. The normalized spacial score (nSPS) is 11.3. The van der Waals surface area contributed by atoms with E-state index in [1.165, 1.54) is 12.7 Å². The second-order valence-corrected chi connectivity index (χ2v) is 5.48. The fourth-order valence-electron chi connectivity index (χ4n) is 1.95. The van der Waals surface area contributed by atoms with Gasteiger partial charge in [-0.05, 0) is 45.2 Å². The lowest BCUT2D eigenvalue weighted by atomic mass is 9.95. The van der Waals surface area contributed by atoms with Crippen LogP contribution in [0.15, 0.2) is 30.3 Å². The molecule has 0 aliphatic heterocycles. The lowest BCUT2D eigenvalue weighted by molar-refractivity contribution is -0.140. The van der Waals surface area contributed by atoms with Crippen LogP contribution in [0.25, 0.3) is 0 Å². The number of esters is 1. The summed E-state index contributed by atoms with van der Waals surface area (Å²) >= 11 is 0. The maximum Gasteiger partial charge on any atom is 0.305 e. The minimum atomic E-state index is -0.135. The number of aryl methyl sites for hydroxylation is 1. The van der Waals surface area contributed by atoms with Crippen molar-refractivity contribution in [2.24, 2.45) is 0 Å². The Morgan fingerprint density at radius 1 is 1.26 bits per heavy atom. The number of rotatable bonds is 8. The zero-order valence-corrected chi connectivity index (χ0v) is 12.2. The highest BCUT2D eigenvalue weighted by Gasteiger charge is 2.16. The molecule has 0 aliphatic carbocycles. The number of carbonyl (C=O) groups excluding carboxylic acids is 1. The molecule has 1 aromatic rings. The van der Waals surface area contributed by atoms with Crippen molar-refractivity contribution >= 4 is 5.97 Å². The first kappa shape index (κ1) is 15.7. The van der Waals surface area contributed by atoms with Gasteiger partial charge in [0.1, 0.15) is 0 Å². The summed E-state index contributed by atoms with van der Waals surface area (Å²) in [5, 5.41) is 3.50. The second kappa shape index (κ2) is 7.95. The van der Waals surface area contributed by atoms with Crippen LogP contribution in [-0.2, 0) is 16.0 Å². The van der Waals surface area contributed by atoms with Crippen LogP contribution in [0.3, 0.4) is 0 Å². The molecule has 19 heavy (non-hydrogen) atoms. The van der Waals surface area contributed by atoms with Crippen molar-refractivity contribution in [1.29, 1.82) is 0 Å². The first-order valence-corrected chi connectivity index (χ1v) is 6.89. The summed E-state index contributed by atoms with van der Waals surface area (Å²) in [6, 6.07) is 10.5. The third kappa shape index (κ3) is 6.97. The molecule has 0 spiro atoms. The average molecular weight is 263 g/mol. The Kier molecular flexibility index (Phi) is 6.57. The minimum absolute atomic E-state index is 0.0892. The smallest absolute Gasteiger partial charge is 0.305 e. The van der Waals surface area contributed by atoms with Crippen LogP contribution in [0.4, 0.5) is 0 Å². The summed E-state index contributed by atoms with van der Waals surface area (Å²) in [5.41, 5.74) is 1.46. The molecule has 0 radical (unpaired) electrons. The minimum Gasteiger partial charge on any atom is -0.469 e. The Morgan fingerprint density at radius 3 is 2.58 bits per heavy atom. The third-order valence-electron chi connectivity index (χ3n) is 3.27. The lowest BCUT2D eigenvalue weighted by Crippen LogP contribution is -2.40. The van der Waals surface area contributed by atoms with Crippen LogP contribution in [0.5, 0.6) is 0 Å². The molecule has 0 aromatic heterocycles. The van der Waals surface area contributed by atoms with Gasteiger partial charge in [0.05, 0.1) is 7.11 Å². The molecule has 106 valence electrons. The molecule has 0 aliphatic rings. The monoisotopic (exact) mass is 263 g/mol. The van der Waals surface area contributed by atoms with E-state index in [1.54, 1.807) is 0 Å². The highest BCUT2D eigenvalue weighted by atomic mass is 16.5. The maximum absolute atomic E-state index is 11.0. The zero-order chi connectivity index (χ0) is 14.1. The number of hydrogen-bond acceptors (Lipinski definition) is 3. The van der Waals surface area contributed by atoms with E-state index in [4.69, 9.17) is 0 Å². The molecular weight excluding hydrogens is 238 g/mol. The zero-order valence-electron chi connectivity index (χ0n) is 12.2. The summed E-state index contributed by atoms with van der Waals surface area (Å²) in [6.07, 6.45) is 3.45. The van der Waals surface area contributed by atoms with E-state index in [2.05, 4.69) is 48.2 Å². The number of methoxy groups -OCH3 is 1. The molecule has 0 saturated heterocycles. The van der Waals surface area contributed by atoms with Crippen LogP contribution in [0, 0.1) is 0 Å². The van der Waals surface area contributed by atoms with Crippen LogP contribution >= 0.6 is 0 Å². The van der Waals surface area contributed by atoms with E-state index in [0.29, 0.717) is 6.42 Å². The summed E-state index contributed by atoms with van der Waals surface area (Å²) in [4.78, 5) is 11.0. The van der Waals surface area contributed by atoms with Crippen LogP contribution in [0.2, 0.25) is 0 Å². The molecule has 3 nitrogen and oxygen atoms in total. The number of carbonyl (C=O) groups is 1. The second-order valence-electron chi connectivity index (χ2n) is 5.48. The van der Waals surface area contributed by atoms with E-state index >= 15 is 0 Å². The standard InChI is InChI=1S/C16H25NO2/c1-16(2,17-13-7-10-15(18)19-3)12-11-14-8-5-4-6-9-14/h4-6,8-9,17H,7,10-13H2,1-3H3. The van der Waals surface area contributed by atoms with E-state index in [0.717, 1.165) is 25.8 Å². The van der Waals surface area contributed by atoms with E-state index < -0.39 is 0 Å². The van der Waals surface area contributed by atoms with Crippen LogP contribution < -0.4 is 5.32 Å². The van der Waals surface area contributed by atoms with Gasteiger partial charge in [0.25, 0.3) is 0 Å². The largest absolute Gasteiger partial charge is 0.469 e. The maximum atomic E-state index is 11.0. The Balaban J connectivity index is 2.22. The van der Waals surface area contributed by atoms with Crippen molar-refractivity contribution in [2.75, 3.05) is 13.7 Å². The first-order valence-electron chi connectivity index (χ1n) is 6.89. The molecule has 0 fully saturated rings. The fraction of sp³-hybridized carbons (Fsp3) is 0.562. The van der Waals surface area contributed by atoms with Crippen molar-refractivity contribution in [1.82, 2.24) is 5.32 Å². The summed E-state index contributed by atoms with van der Waals surface area (Å²) in [5.74, 6) is -0.135. The number of hydrogen-bond donors (Lipinski definition) is 1. The van der Waals surface area contributed by atoms with Gasteiger partial charge in [0.15, 0.2) is 0 Å². The topological polar surface area (TPSA) is 38.3 Å². The van der Waals surface area contributed by atoms with Gasteiger partial charge in [0, 0.05) is 12.0 Å². The molecule has 0 saturated carbocycles. The van der Waals surface area contributed by atoms with E-state index in [9.17, 15) is 4.79 Å². The molecule has 0 heterocycles. The summed E-state index contributed by atoms with van der Waals surface area (Å²) in [7, 11) is 1.43. The quantitative estimate of drug-likeness (QED) is 0.579. The lowest BCUT2D eigenvalue weighted by Gasteiger charge is -2.26. The van der Waals surface area contributed by atoms with Gasteiger partial charge in [0.2, 0.25) is 0 Å². The van der Waals surface area contributed by atoms with Crippen molar-refractivity contribution in [3.63, 3.8) is 0 Å². The van der Waals surface area contributed by atoms with Crippen LogP contribution in [0.1, 0.15) is 38.7 Å². The van der Waals surface area contributed by atoms with Crippen molar-refractivity contribution in [2.45, 2.75) is 45.1 Å². The summed E-state index contributed by atoms with van der Waals surface area (Å²) < 4.78 is 4.62. The van der Waals surface area contributed by atoms with Crippen molar-refractivity contribution < 1.29 is 9.53 Å². The molecular formula is C16H25NO2. The Labute approximate surface area is 116 Å². The third-order valence-corrected chi connectivity index (χ3v) is 3.27. The van der Waals surface area contributed by atoms with E-state index in [-0.39, 0.29) is 11.5 Å². The van der Waals surface area contributed by atoms with E-state index in [1.807, 2.05) is 6.07 Å². The van der Waals surface area contributed by atoms with Crippen molar-refractivity contribution in [3.05, 3.63) is 35.9 Å². The predicted molar refractivity (Wildman–Crippen MR) is 78.1 cm³/mol. The number of nitrogens with one attached hydrogen (secondary N) is 1. The Hall–Kier alpha value is -1.35. The Bertz CT molecular complexity index is 374. The van der Waals surface area contributed by atoms with Gasteiger partial charge < -0.3 is 10.1 Å². The highest BCUT2D eigenvalue weighted by molar-refractivity contribution is 5.69.